The Balaban J connectivity index is 2.98. The highest BCUT2D eigenvalue weighted by molar-refractivity contribution is 14.1. The zero-order valence-electron chi connectivity index (χ0n) is 5.12. The molecule has 5 heteroatoms. The fraction of sp³-hybridized carbons (Fsp3) is 0.333. The van der Waals surface area contributed by atoms with Crippen LogP contribution in [0.15, 0.2) is 21.1 Å². The molecular formula is C6H3Br2F2I. The lowest BCUT2D eigenvalue weighted by atomic mass is 10.1. The van der Waals surface area contributed by atoms with Gasteiger partial charge in [0.25, 0.3) is 5.92 Å². The zero-order chi connectivity index (χ0) is 8.65. The summed E-state index contributed by atoms with van der Waals surface area (Å²) >= 11 is 7.88. The Morgan fingerprint density at radius 3 is 2.36 bits per heavy atom. The number of allylic oxidation sites excluding steroid dienone is 4. The first-order valence-corrected chi connectivity index (χ1v) is 5.54. The fourth-order valence-corrected chi connectivity index (χ4v) is 2.49. The minimum absolute atomic E-state index is 0.412. The molecule has 0 aliphatic heterocycles. The maximum atomic E-state index is 12.8. The quantitative estimate of drug-likeness (QED) is 0.427. The standard InChI is InChI=1S/C6H3Br2F2I/c7-3-1-5(11)6(9,10)2-4(3)8/h1-2,5H. The number of hydrogen-bond donors (Lipinski definition) is 0. The molecule has 0 aromatic rings. The molecule has 1 unspecified atom stereocenters. The molecule has 0 fully saturated rings. The van der Waals surface area contributed by atoms with E-state index in [-0.39, 0.29) is 0 Å². The van der Waals surface area contributed by atoms with Crippen molar-refractivity contribution in [1.82, 2.24) is 0 Å². The van der Waals surface area contributed by atoms with Crippen LogP contribution in [0, 0.1) is 0 Å². The molecule has 0 N–H and O–H groups in total. The molecule has 0 nitrogen and oxygen atoms in total. The van der Waals surface area contributed by atoms with E-state index in [9.17, 15) is 8.78 Å². The van der Waals surface area contributed by atoms with Crippen molar-refractivity contribution in [2.45, 2.75) is 9.85 Å². The number of halogens is 5. The van der Waals surface area contributed by atoms with Gasteiger partial charge in [-0.05, 0) is 37.9 Å². The predicted octanol–water partition coefficient (Wildman–Crippen LogP) is 4.00. The lowest BCUT2D eigenvalue weighted by Crippen LogP contribution is -2.26. The van der Waals surface area contributed by atoms with Crippen molar-refractivity contribution < 1.29 is 8.78 Å². The van der Waals surface area contributed by atoms with Crippen molar-refractivity contribution >= 4 is 54.5 Å². The summed E-state index contributed by atoms with van der Waals surface area (Å²) < 4.78 is 26.0. The van der Waals surface area contributed by atoms with Gasteiger partial charge in [-0.2, -0.15) is 0 Å². The van der Waals surface area contributed by atoms with Crippen LogP contribution >= 0.6 is 54.5 Å². The second-order valence-electron chi connectivity index (χ2n) is 2.08. The van der Waals surface area contributed by atoms with Gasteiger partial charge in [-0.1, -0.05) is 22.6 Å². The van der Waals surface area contributed by atoms with Crippen LogP contribution in [0.1, 0.15) is 0 Å². The lowest BCUT2D eigenvalue weighted by molar-refractivity contribution is 0.0674. The van der Waals surface area contributed by atoms with Gasteiger partial charge >= 0.3 is 0 Å². The Kier molecular flexibility index (Phi) is 3.14. The van der Waals surface area contributed by atoms with Crippen LogP contribution < -0.4 is 0 Å². The maximum absolute atomic E-state index is 12.8. The van der Waals surface area contributed by atoms with Gasteiger partial charge in [0.05, 0.1) is 3.92 Å². The normalized spacial score (nSPS) is 29.4. The van der Waals surface area contributed by atoms with Crippen LogP contribution in [0.2, 0.25) is 0 Å². The van der Waals surface area contributed by atoms with E-state index in [4.69, 9.17) is 0 Å². The first-order valence-electron chi connectivity index (χ1n) is 2.71. The van der Waals surface area contributed by atoms with Gasteiger partial charge in [0.15, 0.2) is 0 Å². The molecule has 0 saturated carbocycles. The van der Waals surface area contributed by atoms with Crippen molar-refractivity contribution in [3.63, 3.8) is 0 Å². The summed E-state index contributed by atoms with van der Waals surface area (Å²) in [6.07, 6.45) is 2.39. The summed E-state index contributed by atoms with van der Waals surface area (Å²) in [6.45, 7) is 0. The number of alkyl halides is 3. The molecule has 0 saturated heterocycles. The van der Waals surface area contributed by atoms with Gasteiger partial charge in [-0.15, -0.1) is 0 Å². The highest BCUT2D eigenvalue weighted by atomic mass is 127. The van der Waals surface area contributed by atoms with Gasteiger partial charge in [0.1, 0.15) is 0 Å². The fourth-order valence-electron chi connectivity index (χ4n) is 0.637. The second-order valence-corrected chi connectivity index (χ2v) is 5.13. The van der Waals surface area contributed by atoms with Gasteiger partial charge in [-0.25, -0.2) is 8.78 Å². The molecule has 1 atom stereocenters. The number of rotatable bonds is 0. The van der Waals surface area contributed by atoms with E-state index in [0.717, 1.165) is 6.08 Å². The van der Waals surface area contributed by atoms with Gasteiger partial charge in [-0.3, -0.25) is 0 Å². The van der Waals surface area contributed by atoms with Crippen molar-refractivity contribution in [3.05, 3.63) is 21.1 Å². The average molecular weight is 400 g/mol. The Bertz CT molecular complexity index is 235. The number of hydrogen-bond acceptors (Lipinski definition) is 0. The van der Waals surface area contributed by atoms with Crippen molar-refractivity contribution in [1.29, 1.82) is 0 Å². The molecule has 1 aliphatic carbocycles. The van der Waals surface area contributed by atoms with Crippen LogP contribution in [-0.4, -0.2) is 9.85 Å². The minimum atomic E-state index is -2.74. The molecule has 11 heavy (non-hydrogen) atoms. The molecule has 0 aromatic heterocycles. The Morgan fingerprint density at radius 2 is 1.91 bits per heavy atom. The summed E-state index contributed by atoms with van der Waals surface area (Å²) in [6, 6.07) is 0. The third-order valence-electron chi connectivity index (χ3n) is 1.21. The van der Waals surface area contributed by atoms with E-state index >= 15 is 0 Å². The van der Waals surface area contributed by atoms with E-state index in [2.05, 4.69) is 31.9 Å². The molecule has 0 spiro atoms. The Labute approximate surface area is 93.5 Å². The summed E-state index contributed by atoms with van der Waals surface area (Å²) in [5.41, 5.74) is 0. The van der Waals surface area contributed by atoms with Gasteiger partial charge < -0.3 is 0 Å². The molecule has 1 rings (SSSR count). The third-order valence-corrected chi connectivity index (χ3v) is 4.28. The topological polar surface area (TPSA) is 0 Å². The highest BCUT2D eigenvalue weighted by Crippen LogP contribution is 2.39. The molecule has 0 bridgehead atoms. The minimum Gasteiger partial charge on any atom is -0.200 e. The SMILES string of the molecule is FC1(F)C=C(Br)C(Br)=CC1I. The van der Waals surface area contributed by atoms with E-state index in [0.29, 0.717) is 8.96 Å². The lowest BCUT2D eigenvalue weighted by Gasteiger charge is -2.20. The van der Waals surface area contributed by atoms with E-state index in [1.54, 1.807) is 22.6 Å². The summed E-state index contributed by atoms with van der Waals surface area (Å²) in [5.74, 6) is -2.74. The van der Waals surface area contributed by atoms with Crippen LogP contribution in [0.4, 0.5) is 8.78 Å². The molecule has 1 aliphatic rings. The summed E-state index contributed by atoms with van der Waals surface area (Å²) in [4.78, 5) is 0. The second kappa shape index (κ2) is 3.41. The van der Waals surface area contributed by atoms with Crippen LogP contribution in [-0.2, 0) is 0 Å². The van der Waals surface area contributed by atoms with Crippen LogP contribution in [0.25, 0.3) is 0 Å². The van der Waals surface area contributed by atoms with E-state index in [1.807, 2.05) is 0 Å². The summed E-state index contributed by atoms with van der Waals surface area (Å²) in [5, 5.41) is 0. The first-order chi connectivity index (χ1) is 4.93. The summed E-state index contributed by atoms with van der Waals surface area (Å²) in [7, 11) is 0. The van der Waals surface area contributed by atoms with Crippen molar-refractivity contribution in [2.75, 3.05) is 0 Å². The highest BCUT2D eigenvalue weighted by Gasteiger charge is 2.37. The van der Waals surface area contributed by atoms with E-state index in [1.165, 1.54) is 6.08 Å². The Morgan fingerprint density at radius 1 is 1.36 bits per heavy atom. The predicted molar refractivity (Wildman–Crippen MR) is 56.8 cm³/mol. The Hall–Kier alpha value is 1.03. The van der Waals surface area contributed by atoms with Gasteiger partial charge in [0, 0.05) is 15.0 Å². The molecular weight excluding hydrogens is 397 g/mol. The average Bonchev–Trinajstić information content (AvgIpc) is 1.83. The van der Waals surface area contributed by atoms with E-state index < -0.39 is 9.85 Å². The maximum Gasteiger partial charge on any atom is 0.282 e. The largest absolute Gasteiger partial charge is 0.282 e. The first kappa shape index (κ1) is 10.1. The molecule has 0 aromatic carbocycles. The van der Waals surface area contributed by atoms with Crippen LogP contribution in [0.3, 0.4) is 0 Å². The monoisotopic (exact) mass is 398 g/mol. The molecule has 0 heterocycles. The van der Waals surface area contributed by atoms with Crippen molar-refractivity contribution in [3.8, 4) is 0 Å². The zero-order valence-corrected chi connectivity index (χ0v) is 10.5. The molecule has 0 amide bonds. The molecule has 0 radical (unpaired) electrons. The molecule has 62 valence electrons. The smallest absolute Gasteiger partial charge is 0.200 e. The van der Waals surface area contributed by atoms with Gasteiger partial charge in [0.2, 0.25) is 0 Å². The van der Waals surface area contributed by atoms with Crippen molar-refractivity contribution in [2.24, 2.45) is 0 Å². The van der Waals surface area contributed by atoms with Crippen LogP contribution in [0.5, 0.6) is 0 Å². The third kappa shape index (κ3) is 2.24.